The summed E-state index contributed by atoms with van der Waals surface area (Å²) in [5, 5.41) is 0. The molecule has 2 fully saturated rings. The lowest BCUT2D eigenvalue weighted by molar-refractivity contribution is -0.139. The average Bonchev–Trinajstić information content (AvgIpc) is 2.71. The van der Waals surface area contributed by atoms with E-state index in [4.69, 9.17) is 0 Å². The largest absolute Gasteiger partial charge is 0.342 e. The molecule has 1 amide bonds. The summed E-state index contributed by atoms with van der Waals surface area (Å²) >= 11 is 0. The third-order valence-electron chi connectivity index (χ3n) is 6.01. The van der Waals surface area contributed by atoms with Gasteiger partial charge >= 0.3 is 0 Å². The van der Waals surface area contributed by atoms with Crippen LogP contribution >= 0.6 is 0 Å². The molecule has 0 aromatic carbocycles. The summed E-state index contributed by atoms with van der Waals surface area (Å²) in [7, 11) is 0. The van der Waals surface area contributed by atoms with Gasteiger partial charge in [-0.1, -0.05) is 6.07 Å². The molecule has 5 nitrogen and oxygen atoms in total. The Morgan fingerprint density at radius 1 is 1.04 bits per heavy atom. The van der Waals surface area contributed by atoms with Gasteiger partial charge in [-0.25, -0.2) is 0 Å². The van der Waals surface area contributed by atoms with Crippen LogP contribution in [0.15, 0.2) is 48.9 Å². The number of amides is 1. The maximum Gasteiger partial charge on any atom is 0.222 e. The highest BCUT2D eigenvalue weighted by Crippen LogP contribution is 2.39. The van der Waals surface area contributed by atoms with E-state index in [1.165, 1.54) is 18.4 Å². The van der Waals surface area contributed by atoms with E-state index < -0.39 is 0 Å². The molecule has 2 saturated heterocycles. The fourth-order valence-corrected chi connectivity index (χ4v) is 4.63. The number of likely N-dealkylation sites (tertiary alicyclic amines) is 2. The Labute approximate surface area is 161 Å². The minimum atomic E-state index is 0.253. The highest BCUT2D eigenvalue weighted by atomic mass is 16.2. The number of pyridine rings is 2. The van der Waals surface area contributed by atoms with Gasteiger partial charge in [-0.05, 0) is 55.6 Å². The Hall–Kier alpha value is -2.27. The summed E-state index contributed by atoms with van der Waals surface area (Å²) in [6, 6.07) is 10.2. The molecule has 0 bridgehead atoms. The molecule has 1 atom stereocenters. The molecule has 4 heterocycles. The van der Waals surface area contributed by atoms with E-state index in [9.17, 15) is 4.79 Å². The SMILES string of the molecule is O=C1CC[C@@]2(CCCN(Cc3ccncc3)C2)CN1CCc1ccccn1. The molecule has 0 radical (unpaired) electrons. The molecule has 5 heteroatoms. The van der Waals surface area contributed by atoms with Gasteiger partial charge in [0, 0.05) is 68.7 Å². The van der Waals surface area contributed by atoms with Crippen molar-refractivity contribution in [1.82, 2.24) is 19.8 Å². The van der Waals surface area contributed by atoms with E-state index in [0.717, 1.165) is 51.3 Å². The summed E-state index contributed by atoms with van der Waals surface area (Å²) < 4.78 is 0. The summed E-state index contributed by atoms with van der Waals surface area (Å²) in [5.74, 6) is 0.308. The second-order valence-corrected chi connectivity index (χ2v) is 8.06. The summed E-state index contributed by atoms with van der Waals surface area (Å²) in [5.41, 5.74) is 2.64. The van der Waals surface area contributed by atoms with E-state index in [-0.39, 0.29) is 5.41 Å². The lowest BCUT2D eigenvalue weighted by Crippen LogP contribution is -2.54. The first-order chi connectivity index (χ1) is 13.2. The van der Waals surface area contributed by atoms with Crippen molar-refractivity contribution in [2.24, 2.45) is 5.41 Å². The van der Waals surface area contributed by atoms with Crippen molar-refractivity contribution in [3.63, 3.8) is 0 Å². The van der Waals surface area contributed by atoms with Gasteiger partial charge in [0.15, 0.2) is 0 Å². The molecule has 0 N–H and O–H groups in total. The fourth-order valence-electron chi connectivity index (χ4n) is 4.63. The van der Waals surface area contributed by atoms with E-state index in [1.54, 1.807) is 0 Å². The Morgan fingerprint density at radius 3 is 2.74 bits per heavy atom. The molecule has 2 aliphatic rings. The average molecular weight is 364 g/mol. The van der Waals surface area contributed by atoms with Crippen LogP contribution in [0.3, 0.4) is 0 Å². The molecule has 142 valence electrons. The van der Waals surface area contributed by atoms with Gasteiger partial charge in [0.25, 0.3) is 0 Å². The monoisotopic (exact) mass is 364 g/mol. The van der Waals surface area contributed by atoms with Gasteiger partial charge in [-0.2, -0.15) is 0 Å². The van der Waals surface area contributed by atoms with Gasteiger partial charge in [-0.3, -0.25) is 19.7 Å². The number of nitrogens with zero attached hydrogens (tertiary/aromatic N) is 4. The maximum atomic E-state index is 12.5. The molecule has 0 unspecified atom stereocenters. The highest BCUT2D eigenvalue weighted by molar-refractivity contribution is 5.77. The lowest BCUT2D eigenvalue weighted by atomic mass is 9.73. The molecule has 0 aliphatic carbocycles. The van der Waals surface area contributed by atoms with Crippen molar-refractivity contribution in [3.05, 3.63) is 60.2 Å². The highest BCUT2D eigenvalue weighted by Gasteiger charge is 2.41. The zero-order valence-corrected chi connectivity index (χ0v) is 15.9. The van der Waals surface area contributed by atoms with Crippen molar-refractivity contribution in [3.8, 4) is 0 Å². The van der Waals surface area contributed by atoms with Gasteiger partial charge < -0.3 is 4.90 Å². The predicted octanol–water partition coefficient (Wildman–Crippen LogP) is 2.92. The second-order valence-electron chi connectivity index (χ2n) is 8.06. The van der Waals surface area contributed by atoms with Gasteiger partial charge in [0.2, 0.25) is 5.91 Å². The van der Waals surface area contributed by atoms with Crippen LogP contribution in [0.4, 0.5) is 0 Å². The van der Waals surface area contributed by atoms with Crippen molar-refractivity contribution < 1.29 is 4.79 Å². The number of piperidine rings is 2. The number of hydrogen-bond donors (Lipinski definition) is 0. The number of hydrogen-bond acceptors (Lipinski definition) is 4. The molecule has 1 spiro atoms. The zero-order valence-electron chi connectivity index (χ0n) is 15.9. The summed E-state index contributed by atoms with van der Waals surface area (Å²) in [6.07, 6.45) is 10.6. The summed E-state index contributed by atoms with van der Waals surface area (Å²) in [4.78, 5) is 25.7. The number of aromatic nitrogens is 2. The first-order valence-electron chi connectivity index (χ1n) is 10.0. The van der Waals surface area contributed by atoms with Gasteiger partial charge in [0.1, 0.15) is 0 Å². The van der Waals surface area contributed by atoms with Crippen molar-refractivity contribution in [2.45, 2.75) is 38.6 Å². The van der Waals surface area contributed by atoms with Crippen LogP contribution in [0.1, 0.15) is 36.9 Å². The van der Waals surface area contributed by atoms with E-state index in [2.05, 4.69) is 31.9 Å². The third-order valence-corrected chi connectivity index (χ3v) is 6.01. The standard InChI is InChI=1S/C22H28N4O/c27-21-5-10-22(18-26(21)15-8-20-4-1-2-11-24-20)9-3-14-25(17-22)16-19-6-12-23-13-7-19/h1-2,4,6-7,11-13H,3,5,8-10,14-18H2/t22-/m1/s1. The quantitative estimate of drug-likeness (QED) is 0.819. The number of carbonyl (C=O) groups is 1. The Balaban J connectivity index is 1.38. The topological polar surface area (TPSA) is 49.3 Å². The van der Waals surface area contributed by atoms with E-state index in [1.807, 2.05) is 36.8 Å². The fraction of sp³-hybridized carbons (Fsp3) is 0.500. The minimum absolute atomic E-state index is 0.253. The Morgan fingerprint density at radius 2 is 1.93 bits per heavy atom. The van der Waals surface area contributed by atoms with E-state index in [0.29, 0.717) is 12.3 Å². The molecule has 27 heavy (non-hydrogen) atoms. The van der Waals surface area contributed by atoms with Crippen LogP contribution in [-0.4, -0.2) is 51.9 Å². The predicted molar refractivity (Wildman–Crippen MR) is 105 cm³/mol. The first kappa shape index (κ1) is 18.1. The van der Waals surface area contributed by atoms with Gasteiger partial charge in [0.05, 0.1) is 0 Å². The molecule has 2 aromatic rings. The Bertz CT molecular complexity index is 751. The molecular weight excluding hydrogens is 336 g/mol. The second kappa shape index (κ2) is 8.17. The van der Waals surface area contributed by atoms with Crippen LogP contribution in [0.5, 0.6) is 0 Å². The molecule has 2 aromatic heterocycles. The van der Waals surface area contributed by atoms with Gasteiger partial charge in [-0.15, -0.1) is 0 Å². The molecular formula is C22H28N4O. The lowest BCUT2D eigenvalue weighted by Gasteiger charge is -2.48. The van der Waals surface area contributed by atoms with Crippen LogP contribution < -0.4 is 0 Å². The first-order valence-corrected chi connectivity index (χ1v) is 10.0. The van der Waals surface area contributed by atoms with Crippen LogP contribution in [-0.2, 0) is 17.8 Å². The third kappa shape index (κ3) is 4.53. The zero-order chi connectivity index (χ0) is 18.5. The smallest absolute Gasteiger partial charge is 0.222 e. The van der Waals surface area contributed by atoms with Crippen LogP contribution in [0.2, 0.25) is 0 Å². The molecule has 0 saturated carbocycles. The van der Waals surface area contributed by atoms with Crippen molar-refractivity contribution in [2.75, 3.05) is 26.2 Å². The van der Waals surface area contributed by atoms with E-state index >= 15 is 0 Å². The minimum Gasteiger partial charge on any atom is -0.342 e. The molecule has 2 aliphatic heterocycles. The maximum absolute atomic E-state index is 12.5. The summed E-state index contributed by atoms with van der Waals surface area (Å²) in [6.45, 7) is 4.88. The van der Waals surface area contributed by atoms with Crippen LogP contribution in [0, 0.1) is 5.41 Å². The van der Waals surface area contributed by atoms with Crippen LogP contribution in [0.25, 0.3) is 0 Å². The molecule has 4 rings (SSSR count). The number of carbonyl (C=O) groups excluding carboxylic acids is 1. The van der Waals surface area contributed by atoms with Crippen molar-refractivity contribution in [1.29, 1.82) is 0 Å². The van der Waals surface area contributed by atoms with Crippen molar-refractivity contribution >= 4 is 5.91 Å². The number of rotatable bonds is 5. The Kier molecular flexibility index (Phi) is 5.48. The normalized spacial score (nSPS) is 23.7.